The minimum atomic E-state index is -0.678. The largest absolute Gasteiger partial charge is 0.390 e. The van der Waals surface area contributed by atoms with Gasteiger partial charge in [0.15, 0.2) is 0 Å². The summed E-state index contributed by atoms with van der Waals surface area (Å²) in [6, 6.07) is 10.2. The van der Waals surface area contributed by atoms with Crippen LogP contribution >= 0.6 is 11.6 Å². The fourth-order valence-corrected chi connectivity index (χ4v) is 4.74. The summed E-state index contributed by atoms with van der Waals surface area (Å²) in [5.41, 5.74) is 12.7. The number of β-amino-alcohol motifs (C(OH)–C–C–N with tert-alkyl or cyclic N) is 1. The van der Waals surface area contributed by atoms with E-state index in [9.17, 15) is 9.50 Å². The van der Waals surface area contributed by atoms with Gasteiger partial charge in [-0.3, -0.25) is 4.98 Å². The molecule has 2 aromatic carbocycles. The number of benzene rings is 2. The number of halogens is 2. The highest BCUT2D eigenvalue weighted by Crippen LogP contribution is 2.42. The van der Waals surface area contributed by atoms with E-state index in [1.165, 1.54) is 12.1 Å². The van der Waals surface area contributed by atoms with Crippen LogP contribution in [0.2, 0.25) is 5.02 Å². The lowest BCUT2D eigenvalue weighted by atomic mass is 9.96. The van der Waals surface area contributed by atoms with Gasteiger partial charge in [0.05, 0.1) is 34.1 Å². The number of anilines is 1. The number of aromatic nitrogens is 3. The number of aliphatic hydroxyl groups is 1. The molecule has 1 aliphatic heterocycles. The molecule has 0 saturated carbocycles. The fourth-order valence-electron chi connectivity index (χ4n) is 4.52. The van der Waals surface area contributed by atoms with Gasteiger partial charge in [0.25, 0.3) is 0 Å². The summed E-state index contributed by atoms with van der Waals surface area (Å²) in [5, 5.41) is 10.9. The van der Waals surface area contributed by atoms with Gasteiger partial charge in [0.1, 0.15) is 11.6 Å². The van der Waals surface area contributed by atoms with Crippen LogP contribution in [0, 0.1) is 19.7 Å². The van der Waals surface area contributed by atoms with Crippen LogP contribution in [0.3, 0.4) is 0 Å². The highest BCUT2D eigenvalue weighted by Gasteiger charge is 2.30. The van der Waals surface area contributed by atoms with Gasteiger partial charge in [-0.05, 0) is 61.7 Å². The summed E-state index contributed by atoms with van der Waals surface area (Å²) in [5.74, 6) is 0.245. The van der Waals surface area contributed by atoms with Crippen molar-refractivity contribution in [2.24, 2.45) is 5.73 Å². The molecule has 2 aromatic heterocycles. The molecule has 0 aliphatic carbocycles. The summed E-state index contributed by atoms with van der Waals surface area (Å²) in [7, 11) is 0. The van der Waals surface area contributed by atoms with Gasteiger partial charge in [-0.1, -0.05) is 17.7 Å². The number of H-pyrrole nitrogens is 1. The van der Waals surface area contributed by atoms with Gasteiger partial charge < -0.3 is 20.7 Å². The first kappa shape index (κ1) is 21.8. The molecule has 5 rings (SSSR count). The first-order valence-electron chi connectivity index (χ1n) is 10.9. The summed E-state index contributed by atoms with van der Waals surface area (Å²) in [4.78, 5) is 15.0. The Labute approximate surface area is 196 Å². The molecule has 0 spiro atoms. The number of nitrogens with one attached hydrogen (secondary N) is 1. The van der Waals surface area contributed by atoms with Gasteiger partial charge in [-0.15, -0.1) is 0 Å². The summed E-state index contributed by atoms with van der Waals surface area (Å²) >= 11 is 6.19. The normalized spacial score (nSPS) is 18.8. The molecule has 4 aromatic rings. The van der Waals surface area contributed by atoms with Crippen molar-refractivity contribution >= 4 is 28.3 Å². The van der Waals surface area contributed by atoms with Crippen molar-refractivity contribution in [1.82, 2.24) is 15.0 Å². The monoisotopic (exact) mass is 465 g/mol. The Kier molecular flexibility index (Phi) is 5.56. The average Bonchev–Trinajstić information content (AvgIpc) is 3.17. The van der Waals surface area contributed by atoms with Crippen LogP contribution in [0.4, 0.5) is 10.1 Å². The number of fused-ring (bicyclic) bond motifs is 1. The molecule has 6 nitrogen and oxygen atoms in total. The van der Waals surface area contributed by atoms with Crippen molar-refractivity contribution in [2.45, 2.75) is 32.4 Å². The third-order valence-corrected chi connectivity index (χ3v) is 6.46. The number of aliphatic hydroxyl groups excluding tert-OH is 1. The zero-order valence-electron chi connectivity index (χ0n) is 18.4. The SMILES string of the molecule is Cc1ccc2nc(-c3c(C)ncc(-c4cc(F)cc(Cl)c4)c3N3CC[C@@H](N)[C@@H](O)C3)[nH]c2c1. The molecule has 33 heavy (non-hydrogen) atoms. The summed E-state index contributed by atoms with van der Waals surface area (Å²) in [6.07, 6.45) is 1.68. The topological polar surface area (TPSA) is 91.1 Å². The number of nitrogens with two attached hydrogens (primary N) is 1. The van der Waals surface area contributed by atoms with E-state index in [1.807, 2.05) is 32.0 Å². The number of piperidine rings is 1. The lowest BCUT2D eigenvalue weighted by Gasteiger charge is -2.37. The average molecular weight is 466 g/mol. The van der Waals surface area contributed by atoms with Crippen molar-refractivity contribution in [2.75, 3.05) is 18.0 Å². The maximum absolute atomic E-state index is 14.3. The van der Waals surface area contributed by atoms with E-state index in [0.717, 1.165) is 39.1 Å². The van der Waals surface area contributed by atoms with Crippen molar-refractivity contribution in [3.05, 3.63) is 64.7 Å². The van der Waals surface area contributed by atoms with Crippen LogP contribution in [0.25, 0.3) is 33.5 Å². The molecule has 2 atom stereocenters. The van der Waals surface area contributed by atoms with Crippen LogP contribution in [0.5, 0.6) is 0 Å². The van der Waals surface area contributed by atoms with E-state index in [-0.39, 0.29) is 6.04 Å². The molecule has 170 valence electrons. The minimum Gasteiger partial charge on any atom is -0.390 e. The quantitative estimate of drug-likeness (QED) is 0.411. The Morgan fingerprint density at radius 3 is 2.79 bits per heavy atom. The number of imidazole rings is 1. The van der Waals surface area contributed by atoms with Crippen LogP contribution in [-0.2, 0) is 0 Å². The second-order valence-electron chi connectivity index (χ2n) is 8.71. The number of hydrogen-bond donors (Lipinski definition) is 3. The zero-order valence-corrected chi connectivity index (χ0v) is 19.2. The molecule has 1 aliphatic rings. The first-order chi connectivity index (χ1) is 15.8. The highest BCUT2D eigenvalue weighted by atomic mass is 35.5. The molecule has 1 saturated heterocycles. The number of aryl methyl sites for hydroxylation is 2. The molecule has 3 heterocycles. The van der Waals surface area contributed by atoms with Gasteiger partial charge in [-0.25, -0.2) is 9.37 Å². The highest BCUT2D eigenvalue weighted by molar-refractivity contribution is 6.30. The Bertz CT molecular complexity index is 1330. The van der Waals surface area contributed by atoms with Gasteiger partial charge in [-0.2, -0.15) is 0 Å². The maximum Gasteiger partial charge on any atom is 0.142 e. The second-order valence-corrected chi connectivity index (χ2v) is 9.15. The smallest absolute Gasteiger partial charge is 0.142 e. The molecule has 0 radical (unpaired) electrons. The molecule has 4 N–H and O–H groups in total. The number of hydrogen-bond acceptors (Lipinski definition) is 5. The second kappa shape index (κ2) is 8.41. The molecular formula is C25H25ClFN5O. The Hall–Kier alpha value is -3.00. The number of rotatable bonds is 3. The van der Waals surface area contributed by atoms with Gasteiger partial charge in [0, 0.05) is 35.9 Å². The van der Waals surface area contributed by atoms with Crippen molar-refractivity contribution in [1.29, 1.82) is 0 Å². The zero-order chi connectivity index (χ0) is 23.3. The van der Waals surface area contributed by atoms with E-state index in [4.69, 9.17) is 22.3 Å². The van der Waals surface area contributed by atoms with Crippen molar-refractivity contribution in [3.8, 4) is 22.5 Å². The van der Waals surface area contributed by atoms with E-state index >= 15 is 0 Å². The number of nitrogens with zero attached hydrogens (tertiary/aromatic N) is 3. The minimum absolute atomic E-state index is 0.283. The molecule has 0 bridgehead atoms. The maximum atomic E-state index is 14.3. The lowest BCUT2D eigenvalue weighted by Crippen LogP contribution is -2.51. The predicted molar refractivity (Wildman–Crippen MR) is 130 cm³/mol. The summed E-state index contributed by atoms with van der Waals surface area (Å²) in [6.45, 7) is 4.95. The van der Waals surface area contributed by atoms with Gasteiger partial charge in [0.2, 0.25) is 0 Å². The first-order valence-corrected chi connectivity index (χ1v) is 11.3. The number of aromatic amines is 1. The fraction of sp³-hybridized carbons (Fsp3) is 0.280. The summed E-state index contributed by atoms with van der Waals surface area (Å²) < 4.78 is 14.3. The van der Waals surface area contributed by atoms with Crippen molar-refractivity contribution < 1.29 is 9.50 Å². The third-order valence-electron chi connectivity index (χ3n) is 6.24. The van der Waals surface area contributed by atoms with Crippen LogP contribution in [0.1, 0.15) is 17.7 Å². The van der Waals surface area contributed by atoms with Crippen LogP contribution < -0.4 is 10.6 Å². The molecule has 0 amide bonds. The van der Waals surface area contributed by atoms with E-state index in [2.05, 4.69) is 14.9 Å². The van der Waals surface area contributed by atoms with E-state index in [1.54, 1.807) is 12.3 Å². The number of pyridine rings is 1. The van der Waals surface area contributed by atoms with Crippen LogP contribution in [0.15, 0.2) is 42.6 Å². The lowest BCUT2D eigenvalue weighted by molar-refractivity contribution is 0.132. The van der Waals surface area contributed by atoms with E-state index < -0.39 is 11.9 Å². The Morgan fingerprint density at radius 1 is 1.21 bits per heavy atom. The standard InChI is InChI=1S/C25H25ClFN5O/c1-13-3-4-20-21(7-13)31-25(30-20)23-14(2)29-11-18(15-8-16(26)10-17(27)9-15)24(23)32-6-5-19(28)22(33)12-32/h3-4,7-11,19,22,33H,5-6,12,28H2,1-2H3,(H,30,31)/t19-,22+/m1/s1. The van der Waals surface area contributed by atoms with Gasteiger partial charge >= 0.3 is 0 Å². The molecule has 0 unspecified atom stereocenters. The third kappa shape index (κ3) is 4.08. The Balaban J connectivity index is 1.77. The van der Waals surface area contributed by atoms with Crippen LogP contribution in [-0.4, -0.2) is 45.3 Å². The molecule has 1 fully saturated rings. The molecular weight excluding hydrogens is 441 g/mol. The van der Waals surface area contributed by atoms with Crippen molar-refractivity contribution in [3.63, 3.8) is 0 Å². The molecule has 8 heteroatoms. The Morgan fingerprint density at radius 2 is 2.03 bits per heavy atom. The van der Waals surface area contributed by atoms with E-state index in [0.29, 0.717) is 35.9 Å². The predicted octanol–water partition coefficient (Wildman–Crippen LogP) is 4.60.